The predicted molar refractivity (Wildman–Crippen MR) is 91.6 cm³/mol. The maximum Gasteiger partial charge on any atom is 0.320 e. The lowest BCUT2D eigenvalue weighted by molar-refractivity contribution is -0.138. The fourth-order valence-corrected chi connectivity index (χ4v) is 1.93. The van der Waals surface area contributed by atoms with Crippen LogP contribution in [0.15, 0.2) is 36.4 Å². The van der Waals surface area contributed by atoms with E-state index in [1.807, 2.05) is 0 Å². The summed E-state index contributed by atoms with van der Waals surface area (Å²) in [6, 6.07) is 7.80. The van der Waals surface area contributed by atoms with Crippen molar-refractivity contribution >= 4 is 5.97 Å². The summed E-state index contributed by atoms with van der Waals surface area (Å²) in [5.74, 6) is -1.79. The number of carboxylic acids is 1. The van der Waals surface area contributed by atoms with Gasteiger partial charge in [0, 0.05) is 0 Å². The van der Waals surface area contributed by atoms with E-state index in [-0.39, 0.29) is 29.4 Å². The Morgan fingerprint density at radius 2 is 1.36 bits per heavy atom. The van der Waals surface area contributed by atoms with Crippen LogP contribution in [0, 0.1) is 0 Å². The zero-order valence-corrected chi connectivity index (χ0v) is 13.5. The Morgan fingerprint density at radius 3 is 1.80 bits per heavy atom. The van der Waals surface area contributed by atoms with Gasteiger partial charge in [-0.3, -0.25) is 4.79 Å². The molecular formula is C17H22N2O6. The Morgan fingerprint density at radius 1 is 0.880 bits per heavy atom. The smallest absolute Gasteiger partial charge is 0.320 e. The Labute approximate surface area is 144 Å². The van der Waals surface area contributed by atoms with Gasteiger partial charge in [0.25, 0.3) is 0 Å². The average molecular weight is 350 g/mol. The number of aromatic hydroxyl groups is 4. The summed E-state index contributed by atoms with van der Waals surface area (Å²) in [4.78, 5) is 10.4. The summed E-state index contributed by atoms with van der Waals surface area (Å²) < 4.78 is 0. The highest BCUT2D eigenvalue weighted by atomic mass is 16.4. The van der Waals surface area contributed by atoms with Crippen LogP contribution < -0.4 is 11.5 Å². The van der Waals surface area contributed by atoms with Gasteiger partial charge in [-0.15, -0.1) is 0 Å². The Balaban J connectivity index is 0.000000257. The molecule has 0 amide bonds. The lowest BCUT2D eigenvalue weighted by Crippen LogP contribution is -2.32. The van der Waals surface area contributed by atoms with Gasteiger partial charge in [-0.05, 0) is 54.8 Å². The molecule has 0 aliphatic heterocycles. The van der Waals surface area contributed by atoms with Crippen molar-refractivity contribution in [1.29, 1.82) is 0 Å². The van der Waals surface area contributed by atoms with E-state index in [2.05, 4.69) is 0 Å². The highest BCUT2D eigenvalue weighted by Gasteiger charge is 2.12. The molecule has 25 heavy (non-hydrogen) atoms. The van der Waals surface area contributed by atoms with Crippen LogP contribution in [0.25, 0.3) is 0 Å². The molecule has 0 aromatic heterocycles. The Hall–Kier alpha value is -2.97. The summed E-state index contributed by atoms with van der Waals surface area (Å²) >= 11 is 0. The third-order valence-corrected chi connectivity index (χ3v) is 3.29. The van der Waals surface area contributed by atoms with E-state index >= 15 is 0 Å². The molecule has 9 N–H and O–H groups in total. The maximum absolute atomic E-state index is 10.4. The number of phenolic OH excluding ortho intramolecular Hbond substituents is 4. The van der Waals surface area contributed by atoms with E-state index in [9.17, 15) is 4.79 Å². The van der Waals surface area contributed by atoms with Gasteiger partial charge in [0.1, 0.15) is 6.04 Å². The van der Waals surface area contributed by atoms with E-state index in [1.165, 1.54) is 30.3 Å². The van der Waals surface area contributed by atoms with Crippen molar-refractivity contribution in [2.24, 2.45) is 11.5 Å². The summed E-state index contributed by atoms with van der Waals surface area (Å²) in [7, 11) is 0. The Kier molecular flexibility index (Phi) is 7.51. The minimum Gasteiger partial charge on any atom is -0.504 e. The molecule has 0 radical (unpaired) electrons. The van der Waals surface area contributed by atoms with Crippen LogP contribution in [0.4, 0.5) is 0 Å². The fraction of sp³-hybridized carbons (Fsp3) is 0.235. The number of aliphatic carboxylic acids is 1. The first-order valence-electron chi connectivity index (χ1n) is 7.44. The standard InChI is InChI=1S/C9H11NO4.C8H11NO2/c10-6(9(13)14)3-5-1-2-7(11)8(12)4-5;9-4-3-6-1-2-7(10)8(11)5-6/h1-2,4,6,11-12H,3,10H2,(H,13,14);1-2,5,10-11H,3-4,9H2/t6-;/m0./s1. The topological polar surface area (TPSA) is 170 Å². The minimum absolute atomic E-state index is 0.0871. The average Bonchev–Trinajstić information content (AvgIpc) is 2.55. The third-order valence-electron chi connectivity index (χ3n) is 3.29. The zero-order chi connectivity index (χ0) is 19.0. The lowest BCUT2D eigenvalue weighted by Gasteiger charge is -2.06. The van der Waals surface area contributed by atoms with Crippen LogP contribution in [-0.2, 0) is 17.6 Å². The van der Waals surface area contributed by atoms with Gasteiger partial charge >= 0.3 is 5.97 Å². The molecular weight excluding hydrogens is 328 g/mol. The van der Waals surface area contributed by atoms with E-state index in [4.69, 9.17) is 37.0 Å². The van der Waals surface area contributed by atoms with E-state index in [0.29, 0.717) is 18.5 Å². The van der Waals surface area contributed by atoms with Gasteiger partial charge in [-0.1, -0.05) is 12.1 Å². The van der Waals surface area contributed by atoms with Crippen molar-refractivity contribution in [2.45, 2.75) is 18.9 Å². The second kappa shape index (κ2) is 9.36. The molecule has 2 rings (SSSR count). The van der Waals surface area contributed by atoms with E-state index < -0.39 is 12.0 Å². The summed E-state index contributed by atoms with van der Waals surface area (Å²) in [6.07, 6.45) is 0.830. The maximum atomic E-state index is 10.4. The number of carbonyl (C=O) groups is 1. The first-order valence-corrected chi connectivity index (χ1v) is 7.44. The van der Waals surface area contributed by atoms with Gasteiger partial charge < -0.3 is 37.0 Å². The third kappa shape index (κ3) is 6.58. The van der Waals surface area contributed by atoms with Crippen molar-refractivity contribution in [1.82, 2.24) is 0 Å². The molecule has 0 saturated carbocycles. The van der Waals surface area contributed by atoms with E-state index in [0.717, 1.165) is 5.56 Å². The number of hydrogen-bond acceptors (Lipinski definition) is 7. The molecule has 0 bridgehead atoms. The monoisotopic (exact) mass is 350 g/mol. The second-order valence-corrected chi connectivity index (χ2v) is 5.33. The molecule has 0 fully saturated rings. The highest BCUT2D eigenvalue weighted by Crippen LogP contribution is 2.25. The molecule has 1 atom stereocenters. The number of phenols is 4. The quantitative estimate of drug-likeness (QED) is 0.385. The number of nitrogens with two attached hydrogens (primary N) is 2. The number of hydrogen-bond donors (Lipinski definition) is 7. The van der Waals surface area contributed by atoms with Crippen molar-refractivity contribution in [3.05, 3.63) is 47.5 Å². The largest absolute Gasteiger partial charge is 0.504 e. The van der Waals surface area contributed by atoms with Gasteiger partial charge in [-0.25, -0.2) is 0 Å². The molecule has 0 unspecified atom stereocenters. The van der Waals surface area contributed by atoms with Crippen molar-refractivity contribution < 1.29 is 30.3 Å². The molecule has 0 aliphatic carbocycles. The fourth-order valence-electron chi connectivity index (χ4n) is 1.93. The number of rotatable bonds is 5. The van der Waals surface area contributed by atoms with Crippen molar-refractivity contribution in [3.8, 4) is 23.0 Å². The Bertz CT molecular complexity index is 720. The summed E-state index contributed by atoms with van der Waals surface area (Å²) in [6.45, 7) is 0.546. The molecule has 2 aromatic rings. The summed E-state index contributed by atoms with van der Waals surface area (Å²) in [5, 5.41) is 44.6. The molecule has 8 heteroatoms. The van der Waals surface area contributed by atoms with Crippen LogP contribution in [0.3, 0.4) is 0 Å². The first-order chi connectivity index (χ1) is 11.7. The van der Waals surface area contributed by atoms with Gasteiger partial charge in [-0.2, -0.15) is 0 Å². The molecule has 2 aromatic carbocycles. The van der Waals surface area contributed by atoms with Crippen LogP contribution in [0.1, 0.15) is 11.1 Å². The molecule has 8 nitrogen and oxygen atoms in total. The highest BCUT2D eigenvalue weighted by molar-refractivity contribution is 5.73. The predicted octanol–water partition coefficient (Wildman–Crippen LogP) is 0.651. The van der Waals surface area contributed by atoms with E-state index in [1.54, 1.807) is 6.07 Å². The van der Waals surface area contributed by atoms with Gasteiger partial charge in [0.2, 0.25) is 0 Å². The van der Waals surface area contributed by atoms with Crippen LogP contribution in [0.2, 0.25) is 0 Å². The zero-order valence-electron chi connectivity index (χ0n) is 13.5. The minimum atomic E-state index is -1.10. The van der Waals surface area contributed by atoms with Crippen LogP contribution in [0.5, 0.6) is 23.0 Å². The van der Waals surface area contributed by atoms with Crippen molar-refractivity contribution in [3.63, 3.8) is 0 Å². The first kappa shape index (κ1) is 20.1. The molecule has 136 valence electrons. The SMILES string of the molecule is NCCc1ccc(O)c(O)c1.N[C@@H](Cc1ccc(O)c(O)c1)C(=O)O. The number of benzene rings is 2. The molecule has 0 aliphatic rings. The normalized spacial score (nSPS) is 11.3. The van der Waals surface area contributed by atoms with Crippen LogP contribution >= 0.6 is 0 Å². The lowest BCUT2D eigenvalue weighted by atomic mass is 10.1. The van der Waals surface area contributed by atoms with Gasteiger partial charge in [0.15, 0.2) is 23.0 Å². The number of carboxylic acid groups (broad SMARTS) is 1. The molecule has 0 spiro atoms. The molecule has 0 saturated heterocycles. The summed E-state index contributed by atoms with van der Waals surface area (Å²) in [5.41, 5.74) is 12.1. The van der Waals surface area contributed by atoms with Crippen LogP contribution in [-0.4, -0.2) is 44.1 Å². The second-order valence-electron chi connectivity index (χ2n) is 5.33. The molecule has 0 heterocycles. The van der Waals surface area contributed by atoms with Crippen molar-refractivity contribution in [2.75, 3.05) is 6.54 Å². The van der Waals surface area contributed by atoms with Gasteiger partial charge in [0.05, 0.1) is 0 Å².